The van der Waals surface area contributed by atoms with Crippen LogP contribution >= 0.6 is 0 Å². The zero-order valence-electron chi connectivity index (χ0n) is 11.0. The number of benzene rings is 1. The van der Waals surface area contributed by atoms with Crippen molar-refractivity contribution in [3.63, 3.8) is 0 Å². The van der Waals surface area contributed by atoms with E-state index in [9.17, 15) is 9.59 Å². The van der Waals surface area contributed by atoms with E-state index in [0.717, 1.165) is 36.7 Å². The molecule has 0 saturated carbocycles. The third-order valence-electron chi connectivity index (χ3n) is 2.51. The predicted molar refractivity (Wildman–Crippen MR) is 73.1 cm³/mol. The molecule has 0 spiro atoms. The highest BCUT2D eigenvalue weighted by Gasteiger charge is 2.05. The van der Waals surface area contributed by atoms with Crippen molar-refractivity contribution in [2.24, 2.45) is 0 Å². The van der Waals surface area contributed by atoms with Gasteiger partial charge in [-0.1, -0.05) is 38.0 Å². The van der Waals surface area contributed by atoms with E-state index >= 15 is 0 Å². The molecule has 0 aromatic heterocycles. The zero-order valence-corrected chi connectivity index (χ0v) is 11.0. The fraction of sp³-hybridized carbons (Fsp3) is 0.333. The molecule has 1 aromatic rings. The van der Waals surface area contributed by atoms with Crippen molar-refractivity contribution in [1.29, 1.82) is 0 Å². The maximum absolute atomic E-state index is 10.9. The molecule has 4 heteroatoms. The summed E-state index contributed by atoms with van der Waals surface area (Å²) in [6.45, 7) is 2.79. The number of carbonyl (C=O) groups excluding carboxylic acids is 1. The molecule has 19 heavy (non-hydrogen) atoms. The lowest BCUT2D eigenvalue weighted by atomic mass is 10.2. The number of ketones is 1. The van der Waals surface area contributed by atoms with Gasteiger partial charge in [-0.3, -0.25) is 4.79 Å². The third kappa shape index (κ3) is 5.86. The Morgan fingerprint density at radius 3 is 2.79 bits per heavy atom. The molecule has 0 aliphatic heterocycles. The molecule has 0 fully saturated rings. The van der Waals surface area contributed by atoms with E-state index in [2.05, 4.69) is 6.92 Å². The van der Waals surface area contributed by atoms with Gasteiger partial charge in [0.05, 0.1) is 6.61 Å². The van der Waals surface area contributed by atoms with Crippen LogP contribution in [0.1, 0.15) is 31.7 Å². The maximum Gasteiger partial charge on any atom is 0.376 e. The third-order valence-corrected chi connectivity index (χ3v) is 2.51. The van der Waals surface area contributed by atoms with Crippen molar-refractivity contribution in [3.05, 3.63) is 35.9 Å². The van der Waals surface area contributed by atoms with Gasteiger partial charge in [-0.2, -0.15) is 0 Å². The lowest BCUT2D eigenvalue weighted by molar-refractivity contribution is -0.146. The number of hydrogen-bond acceptors (Lipinski definition) is 3. The second-order valence-corrected chi connectivity index (χ2v) is 4.13. The molecule has 0 heterocycles. The van der Waals surface area contributed by atoms with Gasteiger partial charge in [-0.15, -0.1) is 0 Å². The summed E-state index contributed by atoms with van der Waals surface area (Å²) < 4.78 is 5.57. The molecule has 0 unspecified atom stereocenters. The Hall–Kier alpha value is -2.10. The molecule has 1 aromatic carbocycles. The largest absolute Gasteiger partial charge is 0.494 e. The summed E-state index contributed by atoms with van der Waals surface area (Å²) in [4.78, 5) is 21.3. The highest BCUT2D eigenvalue weighted by Crippen LogP contribution is 2.15. The molecule has 0 atom stereocenters. The van der Waals surface area contributed by atoms with E-state index in [1.165, 1.54) is 6.08 Å². The number of unbranched alkanes of at least 4 members (excludes halogenated alkanes) is 2. The number of carboxylic acid groups (broad SMARTS) is 1. The molecule has 4 nitrogen and oxygen atoms in total. The van der Waals surface area contributed by atoms with E-state index < -0.39 is 11.8 Å². The second-order valence-electron chi connectivity index (χ2n) is 4.13. The fourth-order valence-corrected chi connectivity index (χ4v) is 1.49. The highest BCUT2D eigenvalue weighted by molar-refractivity contribution is 6.38. The molecule has 1 rings (SSSR count). The second kappa shape index (κ2) is 8.08. The topological polar surface area (TPSA) is 63.6 Å². The average molecular weight is 262 g/mol. The van der Waals surface area contributed by atoms with Gasteiger partial charge >= 0.3 is 5.97 Å². The number of rotatable bonds is 8. The van der Waals surface area contributed by atoms with Gasteiger partial charge in [0.25, 0.3) is 5.78 Å². The number of hydrogen-bond donors (Lipinski definition) is 1. The van der Waals surface area contributed by atoms with Gasteiger partial charge in [0.1, 0.15) is 5.75 Å². The summed E-state index contributed by atoms with van der Waals surface area (Å²) in [6.07, 6.45) is 5.79. The fourth-order valence-electron chi connectivity index (χ4n) is 1.49. The molecular formula is C15H18O4. The Morgan fingerprint density at radius 1 is 1.32 bits per heavy atom. The summed E-state index contributed by atoms with van der Waals surface area (Å²) in [6, 6.07) is 7.20. The molecule has 102 valence electrons. The van der Waals surface area contributed by atoms with Crippen molar-refractivity contribution in [2.75, 3.05) is 6.61 Å². The minimum atomic E-state index is -1.46. The van der Waals surface area contributed by atoms with Crippen LogP contribution in [0.3, 0.4) is 0 Å². The maximum atomic E-state index is 10.9. The molecule has 0 aliphatic carbocycles. The monoisotopic (exact) mass is 262 g/mol. The Morgan fingerprint density at radius 2 is 2.11 bits per heavy atom. The summed E-state index contributed by atoms with van der Waals surface area (Å²) in [7, 11) is 0. The quantitative estimate of drug-likeness (QED) is 0.444. The summed E-state index contributed by atoms with van der Waals surface area (Å²) in [5.74, 6) is -1.67. The first kappa shape index (κ1) is 15.0. The normalized spacial score (nSPS) is 10.6. The summed E-state index contributed by atoms with van der Waals surface area (Å²) in [5.41, 5.74) is 0.739. The first-order chi connectivity index (χ1) is 9.13. The van der Waals surface area contributed by atoms with Crippen LogP contribution in [-0.2, 0) is 9.59 Å². The average Bonchev–Trinajstić information content (AvgIpc) is 2.41. The van der Waals surface area contributed by atoms with Crippen molar-refractivity contribution < 1.29 is 19.4 Å². The Bertz CT molecular complexity index is 463. The number of aliphatic carboxylic acids is 1. The van der Waals surface area contributed by atoms with E-state index in [0.29, 0.717) is 6.61 Å². The van der Waals surface area contributed by atoms with E-state index in [1.807, 2.05) is 6.07 Å². The molecule has 0 aliphatic rings. The van der Waals surface area contributed by atoms with Crippen LogP contribution in [0.15, 0.2) is 30.3 Å². The van der Waals surface area contributed by atoms with Gasteiger partial charge in [-0.25, -0.2) is 4.79 Å². The lowest BCUT2D eigenvalue weighted by Gasteiger charge is -2.06. The van der Waals surface area contributed by atoms with Crippen molar-refractivity contribution in [3.8, 4) is 5.75 Å². The van der Waals surface area contributed by atoms with Crippen LogP contribution in [0.5, 0.6) is 5.75 Å². The first-order valence-electron chi connectivity index (χ1n) is 6.31. The Labute approximate surface area is 112 Å². The molecule has 0 bridgehead atoms. The number of carbonyl (C=O) groups is 2. The van der Waals surface area contributed by atoms with Gasteiger partial charge in [0, 0.05) is 0 Å². The van der Waals surface area contributed by atoms with E-state index in [4.69, 9.17) is 9.84 Å². The van der Waals surface area contributed by atoms with Gasteiger partial charge in [0.2, 0.25) is 0 Å². The Kier molecular flexibility index (Phi) is 6.36. The number of ether oxygens (including phenoxy) is 1. The van der Waals surface area contributed by atoms with Crippen LogP contribution in [-0.4, -0.2) is 23.5 Å². The summed E-state index contributed by atoms with van der Waals surface area (Å²) in [5, 5.41) is 8.46. The molecule has 0 amide bonds. The standard InChI is InChI=1S/C15H18O4/c1-2-3-4-10-19-13-7-5-6-12(11-13)8-9-14(16)15(17)18/h5-9,11H,2-4,10H2,1H3,(H,17,18)/b9-8+. The van der Waals surface area contributed by atoms with Crippen LogP contribution in [0.4, 0.5) is 0 Å². The minimum absolute atomic E-state index is 0.662. The van der Waals surface area contributed by atoms with Gasteiger partial charge < -0.3 is 9.84 Å². The lowest BCUT2D eigenvalue weighted by Crippen LogP contribution is -2.08. The zero-order chi connectivity index (χ0) is 14.1. The molecule has 0 radical (unpaired) electrons. The van der Waals surface area contributed by atoms with Crippen LogP contribution < -0.4 is 4.74 Å². The van der Waals surface area contributed by atoms with Gasteiger partial charge in [-0.05, 0) is 30.2 Å². The van der Waals surface area contributed by atoms with Gasteiger partial charge in [0.15, 0.2) is 0 Å². The van der Waals surface area contributed by atoms with Crippen molar-refractivity contribution in [1.82, 2.24) is 0 Å². The molecular weight excluding hydrogens is 244 g/mol. The smallest absolute Gasteiger partial charge is 0.376 e. The first-order valence-corrected chi connectivity index (χ1v) is 6.31. The molecule has 0 saturated heterocycles. The predicted octanol–water partition coefficient (Wildman–Crippen LogP) is 2.92. The van der Waals surface area contributed by atoms with Crippen molar-refractivity contribution in [2.45, 2.75) is 26.2 Å². The van der Waals surface area contributed by atoms with E-state index in [1.54, 1.807) is 18.2 Å². The number of carboxylic acids is 1. The molecule has 1 N–H and O–H groups in total. The van der Waals surface area contributed by atoms with Crippen LogP contribution in [0.2, 0.25) is 0 Å². The van der Waals surface area contributed by atoms with Crippen LogP contribution in [0.25, 0.3) is 6.08 Å². The Balaban J connectivity index is 2.56. The van der Waals surface area contributed by atoms with Crippen molar-refractivity contribution >= 4 is 17.8 Å². The highest BCUT2D eigenvalue weighted by atomic mass is 16.5. The van der Waals surface area contributed by atoms with Crippen LogP contribution in [0, 0.1) is 0 Å². The SMILES string of the molecule is CCCCCOc1cccc(/C=C/C(=O)C(=O)O)c1. The minimum Gasteiger partial charge on any atom is -0.494 e. The summed E-state index contributed by atoms with van der Waals surface area (Å²) >= 11 is 0. The van der Waals surface area contributed by atoms with E-state index in [-0.39, 0.29) is 0 Å².